The lowest BCUT2D eigenvalue weighted by Crippen LogP contribution is -2.20. The maximum Gasteiger partial charge on any atom is 0.355 e. The van der Waals surface area contributed by atoms with Crippen LogP contribution in [0.3, 0.4) is 0 Å². The van der Waals surface area contributed by atoms with Crippen molar-refractivity contribution in [3.05, 3.63) is 0 Å². The van der Waals surface area contributed by atoms with Crippen molar-refractivity contribution in [2.75, 3.05) is 7.11 Å². The third kappa shape index (κ3) is 4.33. The Morgan fingerprint density at radius 3 is 2.00 bits per heavy atom. The zero-order valence-corrected chi connectivity index (χ0v) is 5.95. The molecule has 0 saturated carbocycles. The molecule has 0 saturated heterocycles. The van der Waals surface area contributed by atoms with Crippen molar-refractivity contribution in [2.45, 2.75) is 26.4 Å². The van der Waals surface area contributed by atoms with Gasteiger partial charge in [-0.15, -0.1) is 0 Å². The minimum absolute atomic E-state index is 0.0278. The highest BCUT2D eigenvalue weighted by molar-refractivity contribution is 4.54. The van der Waals surface area contributed by atoms with Gasteiger partial charge in [-0.25, -0.2) is 0 Å². The van der Waals surface area contributed by atoms with Crippen LogP contribution in [0, 0.1) is 5.92 Å². The molecule has 56 valence electrons. The predicted octanol–water partition coefficient (Wildman–Crippen LogP) is 2.27. The summed E-state index contributed by atoms with van der Waals surface area (Å²) >= 11 is 0. The van der Waals surface area contributed by atoms with E-state index in [0.717, 1.165) is 7.11 Å². The van der Waals surface area contributed by atoms with Crippen LogP contribution in [-0.4, -0.2) is 13.2 Å². The van der Waals surface area contributed by atoms with Gasteiger partial charge in [0.1, 0.15) is 0 Å². The van der Waals surface area contributed by atoms with Crippen LogP contribution in [0.5, 0.6) is 0 Å². The quantitative estimate of drug-likeness (QED) is 0.581. The number of methoxy groups -OCH3 is 1. The fourth-order valence-corrected chi connectivity index (χ4v) is 0.559. The van der Waals surface area contributed by atoms with Crippen LogP contribution in [0.1, 0.15) is 20.3 Å². The Morgan fingerprint density at radius 1 is 1.44 bits per heavy atom. The van der Waals surface area contributed by atoms with Gasteiger partial charge in [0, 0.05) is 13.5 Å². The molecule has 0 radical (unpaired) electrons. The van der Waals surface area contributed by atoms with Crippen molar-refractivity contribution in [3.63, 3.8) is 0 Å². The topological polar surface area (TPSA) is 9.23 Å². The van der Waals surface area contributed by atoms with Crippen molar-refractivity contribution in [2.24, 2.45) is 5.92 Å². The first-order chi connectivity index (χ1) is 3.98. The lowest BCUT2D eigenvalue weighted by Gasteiger charge is -2.15. The van der Waals surface area contributed by atoms with Gasteiger partial charge in [0.05, 0.1) is 0 Å². The highest BCUT2D eigenvalue weighted by Crippen LogP contribution is 2.22. The number of rotatable bonds is 3. The monoisotopic (exact) mass is 138 g/mol. The molecular weight excluding hydrogens is 126 g/mol. The predicted molar refractivity (Wildman–Crippen MR) is 31.4 cm³/mol. The molecule has 3 heteroatoms. The van der Waals surface area contributed by atoms with Crippen molar-refractivity contribution in [1.29, 1.82) is 0 Å². The third-order valence-electron chi connectivity index (χ3n) is 0.945. The highest BCUT2D eigenvalue weighted by atomic mass is 19.3. The third-order valence-corrected chi connectivity index (χ3v) is 0.945. The average molecular weight is 138 g/mol. The van der Waals surface area contributed by atoms with Gasteiger partial charge in [0.2, 0.25) is 0 Å². The number of halogens is 2. The molecule has 0 heterocycles. The van der Waals surface area contributed by atoms with Crippen LogP contribution in [-0.2, 0) is 4.74 Å². The fraction of sp³-hybridized carbons (Fsp3) is 1.00. The maximum atomic E-state index is 12.2. The molecule has 0 aromatic rings. The summed E-state index contributed by atoms with van der Waals surface area (Å²) in [6.45, 7) is 3.46. The van der Waals surface area contributed by atoms with E-state index >= 15 is 0 Å². The Kier molecular flexibility index (Phi) is 3.04. The van der Waals surface area contributed by atoms with Crippen LogP contribution in [0.15, 0.2) is 0 Å². The Hall–Kier alpha value is -0.180. The van der Waals surface area contributed by atoms with Crippen LogP contribution < -0.4 is 0 Å². The molecule has 0 bridgehead atoms. The summed E-state index contributed by atoms with van der Waals surface area (Å²) < 4.78 is 28.3. The molecule has 0 aliphatic carbocycles. The number of hydrogen-bond donors (Lipinski definition) is 0. The first-order valence-electron chi connectivity index (χ1n) is 2.91. The summed E-state index contributed by atoms with van der Waals surface area (Å²) in [6.07, 6.45) is -3.14. The summed E-state index contributed by atoms with van der Waals surface area (Å²) in [5.74, 6) is -0.0278. The molecule has 0 spiro atoms. The Bertz CT molecular complexity index is 81.1. The van der Waals surface area contributed by atoms with Crippen molar-refractivity contribution < 1.29 is 13.5 Å². The molecule has 0 aromatic heterocycles. The van der Waals surface area contributed by atoms with Crippen LogP contribution in [0.2, 0.25) is 0 Å². The molecule has 1 nitrogen and oxygen atoms in total. The summed E-state index contributed by atoms with van der Waals surface area (Å²) in [6, 6.07) is 0. The summed E-state index contributed by atoms with van der Waals surface area (Å²) in [5, 5.41) is 0. The second kappa shape index (κ2) is 3.11. The smallest absolute Gasteiger partial charge is 0.324 e. The zero-order chi connectivity index (χ0) is 7.49. The number of hydrogen-bond acceptors (Lipinski definition) is 1. The molecular formula is C6H12F2O. The van der Waals surface area contributed by atoms with Gasteiger partial charge in [0.25, 0.3) is 0 Å². The minimum atomic E-state index is -2.94. The van der Waals surface area contributed by atoms with Gasteiger partial charge in [-0.3, -0.25) is 0 Å². The van der Waals surface area contributed by atoms with E-state index in [1.807, 2.05) is 0 Å². The van der Waals surface area contributed by atoms with Gasteiger partial charge < -0.3 is 4.74 Å². The van der Waals surface area contributed by atoms with Crippen LogP contribution >= 0.6 is 0 Å². The van der Waals surface area contributed by atoms with E-state index in [-0.39, 0.29) is 12.3 Å². The number of alkyl halides is 2. The molecule has 0 unspecified atom stereocenters. The van der Waals surface area contributed by atoms with Crippen molar-refractivity contribution in [3.8, 4) is 0 Å². The first kappa shape index (κ1) is 8.82. The molecule has 0 amide bonds. The number of ether oxygens (including phenoxy) is 1. The van der Waals surface area contributed by atoms with E-state index in [4.69, 9.17) is 0 Å². The Balaban J connectivity index is 3.58. The second-order valence-electron chi connectivity index (χ2n) is 2.44. The first-order valence-corrected chi connectivity index (χ1v) is 2.91. The summed E-state index contributed by atoms with van der Waals surface area (Å²) in [7, 11) is 1.02. The van der Waals surface area contributed by atoms with Crippen LogP contribution in [0.25, 0.3) is 0 Å². The molecule has 9 heavy (non-hydrogen) atoms. The molecule has 0 aromatic carbocycles. The molecule has 0 fully saturated rings. The van der Waals surface area contributed by atoms with E-state index in [1.165, 1.54) is 0 Å². The van der Waals surface area contributed by atoms with Gasteiger partial charge in [0.15, 0.2) is 0 Å². The normalized spacial score (nSPS) is 12.7. The molecule has 0 atom stereocenters. The minimum Gasteiger partial charge on any atom is -0.324 e. The fourth-order valence-electron chi connectivity index (χ4n) is 0.559. The van der Waals surface area contributed by atoms with Gasteiger partial charge in [-0.1, -0.05) is 13.8 Å². The Labute approximate surface area is 54.0 Å². The van der Waals surface area contributed by atoms with Gasteiger partial charge in [-0.2, -0.15) is 8.78 Å². The Morgan fingerprint density at radius 2 is 1.89 bits per heavy atom. The van der Waals surface area contributed by atoms with Gasteiger partial charge >= 0.3 is 6.11 Å². The molecule has 0 aliphatic heterocycles. The molecule has 0 aliphatic rings. The van der Waals surface area contributed by atoms with E-state index < -0.39 is 6.11 Å². The van der Waals surface area contributed by atoms with Gasteiger partial charge in [-0.05, 0) is 5.92 Å². The van der Waals surface area contributed by atoms with Crippen LogP contribution in [0.4, 0.5) is 8.78 Å². The SMILES string of the molecule is COC(F)(F)CC(C)C. The zero-order valence-electron chi connectivity index (χ0n) is 5.95. The molecule has 0 N–H and O–H groups in total. The van der Waals surface area contributed by atoms with Crippen molar-refractivity contribution >= 4 is 0 Å². The van der Waals surface area contributed by atoms with E-state index in [2.05, 4.69) is 4.74 Å². The lowest BCUT2D eigenvalue weighted by molar-refractivity contribution is -0.230. The van der Waals surface area contributed by atoms with Crippen molar-refractivity contribution in [1.82, 2.24) is 0 Å². The lowest BCUT2D eigenvalue weighted by atomic mass is 10.1. The highest BCUT2D eigenvalue weighted by Gasteiger charge is 2.28. The maximum absolute atomic E-state index is 12.2. The second-order valence-corrected chi connectivity index (χ2v) is 2.44. The van der Waals surface area contributed by atoms with E-state index in [1.54, 1.807) is 13.8 Å². The average Bonchev–Trinajstić information content (AvgIpc) is 1.63. The largest absolute Gasteiger partial charge is 0.355 e. The molecule has 0 rings (SSSR count). The summed E-state index contributed by atoms with van der Waals surface area (Å²) in [5.41, 5.74) is 0. The van der Waals surface area contributed by atoms with E-state index in [9.17, 15) is 8.78 Å². The van der Waals surface area contributed by atoms with E-state index in [0.29, 0.717) is 0 Å². The summed E-state index contributed by atoms with van der Waals surface area (Å²) in [4.78, 5) is 0. The standard InChI is InChI=1S/C6H12F2O/c1-5(2)4-6(7,8)9-3/h5H,4H2,1-3H3.